The third-order valence-electron chi connectivity index (χ3n) is 7.64. The molecule has 0 aromatic heterocycles. The van der Waals surface area contributed by atoms with Gasteiger partial charge in [0.25, 0.3) is 0 Å². The van der Waals surface area contributed by atoms with Crippen molar-refractivity contribution >= 4 is 23.4 Å². The quantitative estimate of drug-likeness (QED) is 0.756. The van der Waals surface area contributed by atoms with Gasteiger partial charge in [0.2, 0.25) is 17.7 Å². The molecule has 0 radical (unpaired) electrons. The second-order valence-corrected chi connectivity index (χ2v) is 9.24. The van der Waals surface area contributed by atoms with E-state index >= 15 is 0 Å². The van der Waals surface area contributed by atoms with Crippen LogP contribution in [0.5, 0.6) is 0 Å². The Kier molecular flexibility index (Phi) is 4.09. The van der Waals surface area contributed by atoms with Crippen LogP contribution in [0.2, 0.25) is 0 Å². The van der Waals surface area contributed by atoms with Crippen molar-refractivity contribution in [2.45, 2.75) is 49.7 Å². The van der Waals surface area contributed by atoms with Gasteiger partial charge in [-0.2, -0.15) is 0 Å². The fourth-order valence-corrected chi connectivity index (χ4v) is 6.35. The molecule has 31 heavy (non-hydrogen) atoms. The van der Waals surface area contributed by atoms with Crippen LogP contribution in [0.3, 0.4) is 0 Å². The maximum absolute atomic E-state index is 13.8. The minimum absolute atomic E-state index is 0.0280. The van der Waals surface area contributed by atoms with Gasteiger partial charge in [0.05, 0.1) is 11.8 Å². The Morgan fingerprint density at radius 3 is 2.39 bits per heavy atom. The number of para-hydroxylation sites is 1. The van der Waals surface area contributed by atoms with Crippen LogP contribution < -0.4 is 10.6 Å². The molecule has 6 heteroatoms. The molecule has 2 aromatic carbocycles. The van der Waals surface area contributed by atoms with Gasteiger partial charge in [-0.3, -0.25) is 24.6 Å². The summed E-state index contributed by atoms with van der Waals surface area (Å²) in [4.78, 5) is 42.4. The molecule has 0 unspecified atom stereocenters. The normalized spacial score (nSPS) is 32.1. The lowest BCUT2D eigenvalue weighted by Crippen LogP contribution is -2.54. The summed E-state index contributed by atoms with van der Waals surface area (Å²) in [6, 6.07) is 17.2. The first-order valence-electron chi connectivity index (χ1n) is 11.2. The summed E-state index contributed by atoms with van der Waals surface area (Å²) >= 11 is 0. The molecule has 2 aromatic rings. The fraction of sp³-hybridized carbons (Fsp3) is 0.400. The van der Waals surface area contributed by atoms with Crippen LogP contribution in [0, 0.1) is 11.8 Å². The molecule has 6 nitrogen and oxygen atoms in total. The second-order valence-electron chi connectivity index (χ2n) is 9.24. The highest BCUT2D eigenvalue weighted by Gasteiger charge is 2.70. The van der Waals surface area contributed by atoms with E-state index in [-0.39, 0.29) is 29.8 Å². The van der Waals surface area contributed by atoms with Gasteiger partial charge >= 0.3 is 0 Å². The Balaban J connectivity index is 1.47. The van der Waals surface area contributed by atoms with Crippen molar-refractivity contribution in [3.8, 4) is 0 Å². The summed E-state index contributed by atoms with van der Waals surface area (Å²) in [5, 5.41) is 6.48. The van der Waals surface area contributed by atoms with E-state index < -0.39 is 17.4 Å². The van der Waals surface area contributed by atoms with Gasteiger partial charge in [-0.05, 0) is 30.9 Å². The topological polar surface area (TPSA) is 78.5 Å². The third kappa shape index (κ3) is 2.51. The standard InChI is InChI=1S/C25H25N3O3/c29-22-20-19(14-15-8-2-1-3-9-15)27-25(17-12-6-7-13-18(17)26-24(25)31)21(20)23(30)28(22)16-10-4-5-11-16/h1-3,6-9,12-13,16,19-21,27H,4-5,10-11,14H2,(H,26,31)/t19-,20+,21+,25-/m0/s1. The van der Waals surface area contributed by atoms with Gasteiger partial charge < -0.3 is 5.32 Å². The first-order chi connectivity index (χ1) is 15.1. The van der Waals surface area contributed by atoms with Crippen LogP contribution >= 0.6 is 0 Å². The van der Waals surface area contributed by atoms with Crippen molar-refractivity contribution in [3.05, 3.63) is 65.7 Å². The zero-order chi connectivity index (χ0) is 21.2. The van der Waals surface area contributed by atoms with Crippen LogP contribution in [-0.4, -0.2) is 34.7 Å². The molecule has 6 rings (SSSR count). The monoisotopic (exact) mass is 415 g/mol. The molecule has 1 aliphatic carbocycles. The Labute approximate surface area is 181 Å². The van der Waals surface area contributed by atoms with E-state index in [9.17, 15) is 14.4 Å². The molecule has 1 spiro atoms. The lowest BCUT2D eigenvalue weighted by molar-refractivity contribution is -0.145. The molecule has 4 atom stereocenters. The minimum atomic E-state index is -1.19. The Morgan fingerprint density at radius 2 is 1.61 bits per heavy atom. The van der Waals surface area contributed by atoms with E-state index in [2.05, 4.69) is 10.6 Å². The van der Waals surface area contributed by atoms with E-state index in [0.717, 1.165) is 42.5 Å². The Hall–Kier alpha value is -2.99. The number of benzene rings is 2. The number of carbonyl (C=O) groups is 3. The number of nitrogens with zero attached hydrogens (tertiary/aromatic N) is 1. The SMILES string of the molecule is O=C1[C@@H]2[C@H](Cc3ccccc3)N[C@]3(C(=O)Nc4ccccc43)[C@H]2C(=O)N1C1CCCC1. The zero-order valence-corrected chi connectivity index (χ0v) is 17.2. The smallest absolute Gasteiger partial charge is 0.250 e. The van der Waals surface area contributed by atoms with E-state index in [0.29, 0.717) is 6.42 Å². The molecule has 3 aliphatic heterocycles. The number of anilines is 1. The van der Waals surface area contributed by atoms with Crippen molar-refractivity contribution in [2.24, 2.45) is 11.8 Å². The average Bonchev–Trinajstić information content (AvgIpc) is 3.52. The summed E-state index contributed by atoms with van der Waals surface area (Å²) in [5.41, 5.74) is 1.39. The fourth-order valence-electron chi connectivity index (χ4n) is 6.35. The number of carbonyl (C=O) groups excluding carboxylic acids is 3. The van der Waals surface area contributed by atoms with E-state index in [1.54, 1.807) is 0 Å². The van der Waals surface area contributed by atoms with Crippen LogP contribution in [0.25, 0.3) is 0 Å². The number of hydrogen-bond acceptors (Lipinski definition) is 4. The molecular formula is C25H25N3O3. The number of fused-ring (bicyclic) bond motifs is 4. The predicted octanol–water partition coefficient (Wildman–Crippen LogP) is 2.59. The lowest BCUT2D eigenvalue weighted by atomic mass is 9.76. The van der Waals surface area contributed by atoms with E-state index in [4.69, 9.17) is 0 Å². The second kappa shape index (κ2) is 6.76. The minimum Gasteiger partial charge on any atom is -0.324 e. The largest absolute Gasteiger partial charge is 0.324 e. The molecule has 3 heterocycles. The van der Waals surface area contributed by atoms with Crippen LogP contribution in [-0.2, 0) is 26.3 Å². The summed E-state index contributed by atoms with van der Waals surface area (Å²) in [6.45, 7) is 0. The van der Waals surface area contributed by atoms with Crippen LogP contribution in [0.1, 0.15) is 36.8 Å². The number of rotatable bonds is 3. The van der Waals surface area contributed by atoms with Gasteiger partial charge in [-0.1, -0.05) is 61.4 Å². The lowest BCUT2D eigenvalue weighted by Gasteiger charge is -2.31. The summed E-state index contributed by atoms with van der Waals surface area (Å²) in [7, 11) is 0. The van der Waals surface area contributed by atoms with Crippen molar-refractivity contribution in [1.29, 1.82) is 0 Å². The van der Waals surface area contributed by atoms with Gasteiger partial charge in [-0.25, -0.2) is 0 Å². The van der Waals surface area contributed by atoms with Crippen molar-refractivity contribution in [2.75, 3.05) is 5.32 Å². The van der Waals surface area contributed by atoms with Crippen molar-refractivity contribution in [1.82, 2.24) is 10.2 Å². The molecule has 2 saturated heterocycles. The first-order valence-corrected chi connectivity index (χ1v) is 11.2. The molecule has 4 aliphatic rings. The third-order valence-corrected chi connectivity index (χ3v) is 7.64. The Morgan fingerprint density at radius 1 is 0.903 bits per heavy atom. The maximum Gasteiger partial charge on any atom is 0.250 e. The van der Waals surface area contributed by atoms with Gasteiger partial charge in [0, 0.05) is 23.3 Å². The molecule has 3 fully saturated rings. The molecule has 3 amide bonds. The highest BCUT2D eigenvalue weighted by Crippen LogP contribution is 2.54. The maximum atomic E-state index is 13.8. The summed E-state index contributed by atoms with van der Waals surface area (Å²) < 4.78 is 0. The summed E-state index contributed by atoms with van der Waals surface area (Å²) in [5.74, 6) is -1.77. The van der Waals surface area contributed by atoms with Crippen LogP contribution in [0.4, 0.5) is 5.69 Å². The number of likely N-dealkylation sites (tertiary alicyclic amines) is 1. The van der Waals surface area contributed by atoms with Gasteiger partial charge in [0.1, 0.15) is 5.54 Å². The first kappa shape index (κ1) is 18.8. The molecular weight excluding hydrogens is 390 g/mol. The number of hydrogen-bond donors (Lipinski definition) is 2. The highest BCUT2D eigenvalue weighted by atomic mass is 16.2. The van der Waals surface area contributed by atoms with Crippen molar-refractivity contribution < 1.29 is 14.4 Å². The van der Waals surface area contributed by atoms with E-state index in [1.807, 2.05) is 54.6 Å². The van der Waals surface area contributed by atoms with E-state index in [1.165, 1.54) is 4.90 Å². The van der Waals surface area contributed by atoms with Gasteiger partial charge in [-0.15, -0.1) is 0 Å². The predicted molar refractivity (Wildman–Crippen MR) is 115 cm³/mol. The van der Waals surface area contributed by atoms with Gasteiger partial charge in [0.15, 0.2) is 0 Å². The molecule has 2 N–H and O–H groups in total. The molecule has 158 valence electrons. The van der Waals surface area contributed by atoms with Crippen LogP contribution in [0.15, 0.2) is 54.6 Å². The summed E-state index contributed by atoms with van der Waals surface area (Å²) in [6.07, 6.45) is 4.40. The zero-order valence-electron chi connectivity index (χ0n) is 17.2. The molecule has 1 saturated carbocycles. The number of amides is 3. The Bertz CT molecular complexity index is 1080. The number of nitrogens with one attached hydrogen (secondary N) is 2. The molecule has 0 bridgehead atoms. The number of imide groups is 1. The highest BCUT2D eigenvalue weighted by molar-refractivity contribution is 6.15. The average molecular weight is 415 g/mol. The van der Waals surface area contributed by atoms with Crippen molar-refractivity contribution in [3.63, 3.8) is 0 Å².